The standard InChI is InChI=1S/C14H19BrClNS/c1-8(12-5-9-2-3-10(12)4-9)17-7-11-6-13(15)14(16)18-11/h6,8-10,12,17H,2-5,7H2,1H3. The van der Waals surface area contributed by atoms with Gasteiger partial charge in [-0.15, -0.1) is 11.3 Å². The molecule has 0 amide bonds. The summed E-state index contributed by atoms with van der Waals surface area (Å²) in [6.07, 6.45) is 5.90. The van der Waals surface area contributed by atoms with Gasteiger partial charge in [0.05, 0.1) is 0 Å². The van der Waals surface area contributed by atoms with Crippen LogP contribution in [0.25, 0.3) is 0 Å². The fourth-order valence-corrected chi connectivity index (χ4v) is 5.54. The van der Waals surface area contributed by atoms with Gasteiger partial charge in [0.25, 0.3) is 0 Å². The maximum atomic E-state index is 6.07. The molecule has 2 saturated carbocycles. The molecule has 18 heavy (non-hydrogen) atoms. The molecule has 2 aliphatic rings. The minimum atomic E-state index is 0.639. The molecule has 1 aromatic rings. The third-order valence-corrected chi connectivity index (χ3v) is 7.20. The van der Waals surface area contributed by atoms with Crippen LogP contribution in [-0.4, -0.2) is 6.04 Å². The third-order valence-electron chi connectivity index (χ3n) is 4.73. The first-order valence-electron chi connectivity index (χ1n) is 6.80. The summed E-state index contributed by atoms with van der Waals surface area (Å²) in [7, 11) is 0. The highest BCUT2D eigenvalue weighted by Crippen LogP contribution is 2.49. The van der Waals surface area contributed by atoms with Gasteiger partial charge in [0.15, 0.2) is 0 Å². The van der Waals surface area contributed by atoms with E-state index in [0.29, 0.717) is 6.04 Å². The van der Waals surface area contributed by atoms with Crippen molar-refractivity contribution in [2.45, 2.75) is 45.2 Å². The first-order valence-corrected chi connectivity index (χ1v) is 8.79. The van der Waals surface area contributed by atoms with Crippen molar-refractivity contribution in [1.82, 2.24) is 5.32 Å². The summed E-state index contributed by atoms with van der Waals surface area (Å²) in [5.41, 5.74) is 0. The molecule has 2 aliphatic carbocycles. The predicted molar refractivity (Wildman–Crippen MR) is 82.3 cm³/mol. The average Bonchev–Trinajstić information content (AvgIpc) is 3.03. The number of nitrogens with one attached hydrogen (secondary N) is 1. The molecule has 0 aliphatic heterocycles. The van der Waals surface area contributed by atoms with Gasteiger partial charge in [0, 0.05) is 21.9 Å². The summed E-state index contributed by atoms with van der Waals surface area (Å²) in [5.74, 6) is 2.94. The lowest BCUT2D eigenvalue weighted by Crippen LogP contribution is -2.35. The highest BCUT2D eigenvalue weighted by atomic mass is 79.9. The van der Waals surface area contributed by atoms with Gasteiger partial charge in [-0.2, -0.15) is 0 Å². The van der Waals surface area contributed by atoms with E-state index in [2.05, 4.69) is 34.2 Å². The molecule has 3 rings (SSSR count). The van der Waals surface area contributed by atoms with Crippen LogP contribution in [0, 0.1) is 17.8 Å². The molecule has 0 saturated heterocycles. The van der Waals surface area contributed by atoms with Crippen molar-refractivity contribution in [3.05, 3.63) is 19.8 Å². The Hall–Kier alpha value is 0.430. The second-order valence-electron chi connectivity index (χ2n) is 5.84. The number of halogens is 2. The lowest BCUT2D eigenvalue weighted by atomic mass is 9.84. The Labute approximate surface area is 126 Å². The Morgan fingerprint density at radius 1 is 1.50 bits per heavy atom. The van der Waals surface area contributed by atoms with Crippen molar-refractivity contribution in [2.24, 2.45) is 17.8 Å². The molecule has 0 aromatic carbocycles. The van der Waals surface area contributed by atoms with Gasteiger partial charge in [-0.05, 0) is 65.9 Å². The van der Waals surface area contributed by atoms with Gasteiger partial charge in [0.2, 0.25) is 0 Å². The molecule has 2 fully saturated rings. The maximum absolute atomic E-state index is 6.07. The molecule has 1 aromatic heterocycles. The first-order chi connectivity index (χ1) is 8.63. The monoisotopic (exact) mass is 347 g/mol. The molecule has 4 atom stereocenters. The van der Waals surface area contributed by atoms with Gasteiger partial charge in [-0.25, -0.2) is 0 Å². The predicted octanol–water partition coefficient (Wildman–Crippen LogP) is 5.08. The Morgan fingerprint density at radius 2 is 2.33 bits per heavy atom. The van der Waals surface area contributed by atoms with Crippen molar-refractivity contribution in [2.75, 3.05) is 0 Å². The van der Waals surface area contributed by atoms with E-state index in [1.54, 1.807) is 11.3 Å². The minimum Gasteiger partial charge on any atom is -0.309 e. The quantitative estimate of drug-likeness (QED) is 0.800. The lowest BCUT2D eigenvalue weighted by Gasteiger charge is -2.28. The van der Waals surface area contributed by atoms with Gasteiger partial charge >= 0.3 is 0 Å². The van der Waals surface area contributed by atoms with Gasteiger partial charge in [-0.3, -0.25) is 0 Å². The van der Waals surface area contributed by atoms with E-state index < -0.39 is 0 Å². The first kappa shape index (κ1) is 13.4. The molecular weight excluding hydrogens is 330 g/mol. The van der Waals surface area contributed by atoms with Crippen LogP contribution >= 0.6 is 38.9 Å². The highest BCUT2D eigenvalue weighted by Gasteiger charge is 2.41. The van der Waals surface area contributed by atoms with Crippen LogP contribution in [0.3, 0.4) is 0 Å². The molecule has 100 valence electrons. The summed E-state index contributed by atoms with van der Waals surface area (Å²) in [5, 5.41) is 3.70. The Kier molecular flexibility index (Phi) is 4.05. The Bertz CT molecular complexity index is 414. The van der Waals surface area contributed by atoms with Gasteiger partial charge in [0.1, 0.15) is 4.34 Å². The lowest BCUT2D eigenvalue weighted by molar-refractivity contribution is 0.260. The number of fused-ring (bicyclic) bond motifs is 2. The Balaban J connectivity index is 1.54. The summed E-state index contributed by atoms with van der Waals surface area (Å²) in [6.45, 7) is 3.31. The van der Waals surface area contributed by atoms with Gasteiger partial charge < -0.3 is 5.32 Å². The number of hydrogen-bond donors (Lipinski definition) is 1. The fraction of sp³-hybridized carbons (Fsp3) is 0.714. The van der Waals surface area contributed by atoms with E-state index in [-0.39, 0.29) is 0 Å². The zero-order chi connectivity index (χ0) is 12.7. The van der Waals surface area contributed by atoms with Gasteiger partial charge in [-0.1, -0.05) is 18.0 Å². The van der Waals surface area contributed by atoms with Crippen LogP contribution in [0.4, 0.5) is 0 Å². The molecule has 1 heterocycles. The van der Waals surface area contributed by atoms with Crippen LogP contribution in [0.2, 0.25) is 4.34 Å². The largest absolute Gasteiger partial charge is 0.309 e. The molecular formula is C14H19BrClNS. The van der Waals surface area contributed by atoms with E-state index in [0.717, 1.165) is 33.1 Å². The van der Waals surface area contributed by atoms with E-state index in [9.17, 15) is 0 Å². The van der Waals surface area contributed by atoms with Crippen LogP contribution in [-0.2, 0) is 6.54 Å². The number of thiophene rings is 1. The van der Waals surface area contributed by atoms with Crippen molar-refractivity contribution in [3.63, 3.8) is 0 Å². The highest BCUT2D eigenvalue weighted by molar-refractivity contribution is 9.10. The summed E-state index contributed by atoms with van der Waals surface area (Å²) in [6, 6.07) is 2.77. The van der Waals surface area contributed by atoms with Crippen LogP contribution in [0.1, 0.15) is 37.5 Å². The van der Waals surface area contributed by atoms with Crippen molar-refractivity contribution in [1.29, 1.82) is 0 Å². The minimum absolute atomic E-state index is 0.639. The Morgan fingerprint density at radius 3 is 2.89 bits per heavy atom. The normalized spacial score (nSPS) is 32.1. The molecule has 0 spiro atoms. The zero-order valence-electron chi connectivity index (χ0n) is 10.6. The molecule has 1 nitrogen and oxygen atoms in total. The molecule has 1 N–H and O–H groups in total. The fourth-order valence-electron chi connectivity index (χ4n) is 3.80. The van der Waals surface area contributed by atoms with Crippen molar-refractivity contribution >= 4 is 38.9 Å². The zero-order valence-corrected chi connectivity index (χ0v) is 13.7. The third kappa shape index (κ3) is 2.65. The smallest absolute Gasteiger partial charge is 0.107 e. The van der Waals surface area contributed by atoms with Crippen LogP contribution in [0.5, 0.6) is 0 Å². The average molecular weight is 349 g/mol. The van der Waals surface area contributed by atoms with Crippen LogP contribution < -0.4 is 5.32 Å². The summed E-state index contributed by atoms with van der Waals surface area (Å²) in [4.78, 5) is 1.32. The molecule has 4 unspecified atom stereocenters. The molecule has 4 heteroatoms. The second-order valence-corrected chi connectivity index (χ2v) is 8.44. The van der Waals surface area contributed by atoms with E-state index in [1.807, 2.05) is 0 Å². The number of hydrogen-bond acceptors (Lipinski definition) is 2. The van der Waals surface area contributed by atoms with Crippen LogP contribution in [0.15, 0.2) is 10.5 Å². The maximum Gasteiger partial charge on any atom is 0.107 e. The molecule has 2 bridgehead atoms. The van der Waals surface area contributed by atoms with Crippen molar-refractivity contribution < 1.29 is 0 Å². The summed E-state index contributed by atoms with van der Waals surface area (Å²) >= 11 is 11.2. The van der Waals surface area contributed by atoms with Crippen molar-refractivity contribution in [3.8, 4) is 0 Å². The summed E-state index contributed by atoms with van der Waals surface area (Å²) < 4.78 is 1.89. The SMILES string of the molecule is CC(NCc1cc(Br)c(Cl)s1)C1CC2CCC1C2. The van der Waals surface area contributed by atoms with E-state index >= 15 is 0 Å². The molecule has 0 radical (unpaired) electrons. The second kappa shape index (κ2) is 5.43. The topological polar surface area (TPSA) is 12.0 Å². The number of rotatable bonds is 4. The van der Waals surface area contributed by atoms with E-state index in [1.165, 1.54) is 30.6 Å². The van der Waals surface area contributed by atoms with E-state index in [4.69, 9.17) is 11.6 Å².